The zero-order chi connectivity index (χ0) is 21.8. The minimum atomic E-state index is -0.524. The molecule has 0 aliphatic heterocycles. The van der Waals surface area contributed by atoms with Gasteiger partial charge in [-0.15, -0.1) is 0 Å². The Morgan fingerprint density at radius 1 is 1.13 bits per heavy atom. The number of anilines is 2. The van der Waals surface area contributed by atoms with Crippen LogP contribution in [0.2, 0.25) is 0 Å². The average Bonchev–Trinajstić information content (AvgIpc) is 3.35. The molecule has 7 nitrogen and oxygen atoms in total. The largest absolute Gasteiger partial charge is 0.458 e. The summed E-state index contributed by atoms with van der Waals surface area (Å²) in [4.78, 5) is 22.4. The van der Waals surface area contributed by atoms with Gasteiger partial charge in [0.25, 0.3) is 0 Å². The van der Waals surface area contributed by atoms with E-state index in [-0.39, 0.29) is 5.97 Å². The number of ether oxygens (including phenoxy) is 1. The lowest BCUT2D eigenvalue weighted by molar-refractivity contribution is -0.156. The Balaban J connectivity index is 1.57. The van der Waals surface area contributed by atoms with E-state index in [1.807, 2.05) is 55.9 Å². The summed E-state index contributed by atoms with van der Waals surface area (Å²) in [5.74, 6) is 2.33. The second-order valence-electron chi connectivity index (χ2n) is 9.91. The maximum absolute atomic E-state index is 13.1. The standard InChI is InChI=1S/C24H35N5O2/c1-24(2,3)31-22(30)19(15-17-9-5-4-6-10-17)26-20-16-21(29-13-7-8-14-29)28-23(27-20)25-18-11-12-18/h7-8,13-14,16-19H,4-6,9-12,15H2,1-3H3,(H2,25,26,27,28)/t19-/m1/s1. The quantitative estimate of drug-likeness (QED) is 0.584. The maximum Gasteiger partial charge on any atom is 0.329 e. The van der Waals surface area contributed by atoms with Gasteiger partial charge in [0.15, 0.2) is 0 Å². The summed E-state index contributed by atoms with van der Waals surface area (Å²) in [6, 6.07) is 5.85. The number of hydrogen-bond donors (Lipinski definition) is 2. The van der Waals surface area contributed by atoms with Gasteiger partial charge in [0.2, 0.25) is 5.95 Å². The van der Waals surface area contributed by atoms with Crippen molar-refractivity contribution < 1.29 is 9.53 Å². The normalized spacial score (nSPS) is 18.4. The minimum Gasteiger partial charge on any atom is -0.458 e. The van der Waals surface area contributed by atoms with Crippen LogP contribution in [0.5, 0.6) is 0 Å². The van der Waals surface area contributed by atoms with Crippen LogP contribution < -0.4 is 10.6 Å². The van der Waals surface area contributed by atoms with Crippen LogP contribution in [0.3, 0.4) is 0 Å². The van der Waals surface area contributed by atoms with Crippen LogP contribution in [-0.4, -0.2) is 38.2 Å². The molecule has 2 saturated carbocycles. The number of carbonyl (C=O) groups is 1. The number of nitrogens with zero attached hydrogens (tertiary/aromatic N) is 3. The molecular weight excluding hydrogens is 390 g/mol. The van der Waals surface area contributed by atoms with Gasteiger partial charge in [0.05, 0.1) is 0 Å². The van der Waals surface area contributed by atoms with Crippen LogP contribution in [-0.2, 0) is 9.53 Å². The molecule has 2 aromatic heterocycles. The van der Waals surface area contributed by atoms with E-state index in [0.717, 1.165) is 25.1 Å². The molecule has 4 rings (SSSR count). The molecule has 2 heterocycles. The van der Waals surface area contributed by atoms with Crippen molar-refractivity contribution >= 4 is 17.7 Å². The number of nitrogens with one attached hydrogen (secondary N) is 2. The summed E-state index contributed by atoms with van der Waals surface area (Å²) in [6.07, 6.45) is 13.1. The van der Waals surface area contributed by atoms with E-state index in [4.69, 9.17) is 4.74 Å². The molecule has 0 unspecified atom stereocenters. The van der Waals surface area contributed by atoms with Gasteiger partial charge in [-0.05, 0) is 58.1 Å². The van der Waals surface area contributed by atoms with E-state index in [0.29, 0.717) is 23.7 Å². The summed E-state index contributed by atoms with van der Waals surface area (Å²) in [5, 5.41) is 6.80. The molecule has 0 aromatic carbocycles. The first-order chi connectivity index (χ1) is 14.9. The fourth-order valence-corrected chi connectivity index (χ4v) is 4.12. The average molecular weight is 426 g/mol. The van der Waals surface area contributed by atoms with Gasteiger partial charge in [-0.3, -0.25) is 0 Å². The third-order valence-corrected chi connectivity index (χ3v) is 5.80. The molecule has 2 aliphatic carbocycles. The molecule has 0 amide bonds. The Morgan fingerprint density at radius 3 is 2.48 bits per heavy atom. The predicted molar refractivity (Wildman–Crippen MR) is 122 cm³/mol. The van der Waals surface area contributed by atoms with Gasteiger partial charge in [-0.2, -0.15) is 9.97 Å². The lowest BCUT2D eigenvalue weighted by Crippen LogP contribution is -2.38. The van der Waals surface area contributed by atoms with Gasteiger partial charge in [0.1, 0.15) is 23.3 Å². The van der Waals surface area contributed by atoms with Crippen molar-refractivity contribution in [3.63, 3.8) is 0 Å². The zero-order valence-electron chi connectivity index (χ0n) is 18.9. The Bertz CT molecular complexity index is 865. The molecule has 168 valence electrons. The fourth-order valence-electron chi connectivity index (χ4n) is 4.12. The molecule has 1 atom stereocenters. The molecule has 2 aliphatic rings. The summed E-state index contributed by atoms with van der Waals surface area (Å²) >= 11 is 0. The highest BCUT2D eigenvalue weighted by Gasteiger charge is 2.29. The first kappa shape index (κ1) is 21.7. The van der Waals surface area contributed by atoms with Crippen molar-refractivity contribution in [2.45, 2.75) is 89.8 Å². The van der Waals surface area contributed by atoms with Gasteiger partial charge >= 0.3 is 5.97 Å². The lowest BCUT2D eigenvalue weighted by Gasteiger charge is -2.29. The van der Waals surface area contributed by atoms with Crippen molar-refractivity contribution in [3.8, 4) is 5.82 Å². The SMILES string of the molecule is CC(C)(C)OC(=O)[C@@H](CC1CCCCC1)Nc1cc(-n2cccc2)nc(NC2CC2)n1. The smallest absolute Gasteiger partial charge is 0.329 e. The molecule has 0 saturated heterocycles. The summed E-state index contributed by atoms with van der Waals surface area (Å²) in [5.41, 5.74) is -0.524. The second-order valence-corrected chi connectivity index (χ2v) is 9.91. The van der Waals surface area contributed by atoms with Crippen molar-refractivity contribution in [2.24, 2.45) is 5.92 Å². The van der Waals surface area contributed by atoms with Crippen molar-refractivity contribution in [3.05, 3.63) is 30.6 Å². The number of rotatable bonds is 8. The molecule has 0 spiro atoms. The lowest BCUT2D eigenvalue weighted by atomic mass is 9.85. The molecule has 2 N–H and O–H groups in total. The second kappa shape index (κ2) is 9.28. The molecule has 7 heteroatoms. The van der Waals surface area contributed by atoms with E-state index >= 15 is 0 Å². The monoisotopic (exact) mass is 425 g/mol. The highest BCUT2D eigenvalue weighted by molar-refractivity contribution is 5.79. The van der Waals surface area contributed by atoms with E-state index in [1.54, 1.807) is 0 Å². The number of hydrogen-bond acceptors (Lipinski definition) is 6. The molecule has 2 aromatic rings. The zero-order valence-corrected chi connectivity index (χ0v) is 18.9. The Kier molecular flexibility index (Phi) is 6.49. The van der Waals surface area contributed by atoms with Crippen molar-refractivity contribution in [2.75, 3.05) is 10.6 Å². The summed E-state index contributed by atoms with van der Waals surface area (Å²) in [6.45, 7) is 5.74. The Morgan fingerprint density at radius 2 is 1.84 bits per heavy atom. The van der Waals surface area contributed by atoms with Gasteiger partial charge in [-0.1, -0.05) is 32.1 Å². The highest BCUT2D eigenvalue weighted by Crippen LogP contribution is 2.30. The van der Waals surface area contributed by atoms with Gasteiger partial charge in [-0.25, -0.2) is 4.79 Å². The van der Waals surface area contributed by atoms with Crippen LogP contribution >= 0.6 is 0 Å². The third-order valence-electron chi connectivity index (χ3n) is 5.80. The van der Waals surface area contributed by atoms with Crippen LogP contribution in [0, 0.1) is 5.92 Å². The summed E-state index contributed by atoms with van der Waals surface area (Å²) < 4.78 is 7.71. The van der Waals surface area contributed by atoms with Crippen LogP contribution in [0.4, 0.5) is 11.8 Å². The van der Waals surface area contributed by atoms with E-state index in [9.17, 15) is 4.79 Å². The molecule has 31 heavy (non-hydrogen) atoms. The topological polar surface area (TPSA) is 81.1 Å². The molecule has 2 fully saturated rings. The fraction of sp³-hybridized carbons (Fsp3) is 0.625. The van der Waals surface area contributed by atoms with Gasteiger partial charge in [0, 0.05) is 24.5 Å². The molecule has 0 radical (unpaired) electrons. The number of carbonyl (C=O) groups excluding carboxylic acids is 1. The number of esters is 1. The molecular formula is C24H35N5O2. The van der Waals surface area contributed by atoms with Crippen LogP contribution in [0.25, 0.3) is 5.82 Å². The van der Waals surface area contributed by atoms with E-state index < -0.39 is 11.6 Å². The Labute approximate surface area is 185 Å². The van der Waals surface area contributed by atoms with Crippen LogP contribution in [0.1, 0.15) is 72.1 Å². The van der Waals surface area contributed by atoms with Crippen molar-refractivity contribution in [1.29, 1.82) is 0 Å². The maximum atomic E-state index is 13.1. The number of aromatic nitrogens is 3. The summed E-state index contributed by atoms with van der Waals surface area (Å²) in [7, 11) is 0. The van der Waals surface area contributed by atoms with E-state index in [1.165, 1.54) is 32.1 Å². The minimum absolute atomic E-state index is 0.212. The highest BCUT2D eigenvalue weighted by atomic mass is 16.6. The van der Waals surface area contributed by atoms with Crippen LogP contribution in [0.15, 0.2) is 30.6 Å². The van der Waals surface area contributed by atoms with Crippen molar-refractivity contribution in [1.82, 2.24) is 14.5 Å². The first-order valence-electron chi connectivity index (χ1n) is 11.6. The first-order valence-corrected chi connectivity index (χ1v) is 11.6. The van der Waals surface area contributed by atoms with Gasteiger partial charge < -0.3 is 19.9 Å². The van der Waals surface area contributed by atoms with E-state index in [2.05, 4.69) is 20.6 Å². The predicted octanol–water partition coefficient (Wildman–Crippen LogP) is 4.93. The Hall–Kier alpha value is -2.57. The third kappa shape index (κ3) is 6.45. The molecule has 0 bridgehead atoms.